The number of phenolic OH excluding ortho intramolecular Hbond substituents is 1. The lowest BCUT2D eigenvalue weighted by atomic mass is 9.99. The van der Waals surface area contributed by atoms with E-state index in [0.717, 1.165) is 11.1 Å². The zero-order chi connectivity index (χ0) is 17.3. The number of nitrogens with one attached hydrogen (secondary N) is 1. The first-order chi connectivity index (χ1) is 11.4. The molecule has 2 aromatic rings. The van der Waals surface area contributed by atoms with Crippen molar-refractivity contribution in [2.24, 2.45) is 7.05 Å². The Bertz CT molecular complexity index is 872. The molecule has 0 aliphatic carbocycles. The van der Waals surface area contributed by atoms with Gasteiger partial charge in [0, 0.05) is 32.4 Å². The van der Waals surface area contributed by atoms with Crippen molar-refractivity contribution in [3.8, 4) is 5.75 Å². The molecule has 0 unspecified atom stereocenters. The molecule has 0 bridgehead atoms. The number of carbonyl (C=O) groups is 2. The van der Waals surface area contributed by atoms with E-state index in [1.165, 1.54) is 27.8 Å². The Morgan fingerprint density at radius 3 is 2.71 bits per heavy atom. The van der Waals surface area contributed by atoms with Gasteiger partial charge >= 0.3 is 11.8 Å². The van der Waals surface area contributed by atoms with Crippen LogP contribution < -0.4 is 10.9 Å². The predicted molar refractivity (Wildman–Crippen MR) is 87.5 cm³/mol. The van der Waals surface area contributed by atoms with E-state index in [1.54, 1.807) is 19.2 Å². The number of fused-ring (bicyclic) bond motifs is 1. The number of hydrogen-bond acceptors (Lipinski definition) is 4. The Morgan fingerprint density at radius 2 is 1.96 bits per heavy atom. The molecule has 3 rings (SSSR count). The predicted octanol–water partition coefficient (Wildman–Crippen LogP) is 0.614. The van der Waals surface area contributed by atoms with Crippen LogP contribution in [-0.4, -0.2) is 32.9 Å². The van der Waals surface area contributed by atoms with Gasteiger partial charge in [-0.25, -0.2) is 0 Å². The summed E-state index contributed by atoms with van der Waals surface area (Å²) >= 11 is 0. The molecule has 7 heteroatoms. The fraction of sp³-hybridized carbons (Fsp3) is 0.235. The maximum absolute atomic E-state index is 12.3. The van der Waals surface area contributed by atoms with E-state index in [4.69, 9.17) is 0 Å². The van der Waals surface area contributed by atoms with Gasteiger partial charge in [0.15, 0.2) is 0 Å². The van der Waals surface area contributed by atoms with Crippen LogP contribution in [0.5, 0.6) is 5.75 Å². The molecule has 124 valence electrons. The third kappa shape index (κ3) is 3.15. The molecule has 2 N–H and O–H groups in total. The lowest BCUT2D eigenvalue weighted by molar-refractivity contribution is -0.143. The van der Waals surface area contributed by atoms with Crippen LogP contribution in [0, 0.1) is 0 Å². The summed E-state index contributed by atoms with van der Waals surface area (Å²) in [6.45, 7) is 0.723. The van der Waals surface area contributed by atoms with Gasteiger partial charge in [0.2, 0.25) is 5.56 Å². The minimum atomic E-state index is -0.753. The zero-order valence-electron chi connectivity index (χ0n) is 13.2. The second kappa shape index (κ2) is 6.19. The Balaban J connectivity index is 1.71. The van der Waals surface area contributed by atoms with Crippen molar-refractivity contribution in [2.45, 2.75) is 13.0 Å². The maximum atomic E-state index is 12.3. The SMILES string of the molecule is Cn1cc(NC(=O)C(=O)N2CCc3ccc(O)cc3C2)ccc1=O. The molecule has 1 aromatic carbocycles. The molecule has 1 aromatic heterocycles. The molecular weight excluding hydrogens is 310 g/mol. The number of aryl methyl sites for hydroxylation is 1. The summed E-state index contributed by atoms with van der Waals surface area (Å²) in [4.78, 5) is 37.3. The molecule has 0 saturated carbocycles. The van der Waals surface area contributed by atoms with Gasteiger partial charge in [0.1, 0.15) is 5.75 Å². The molecule has 0 atom stereocenters. The van der Waals surface area contributed by atoms with E-state index in [-0.39, 0.29) is 17.9 Å². The van der Waals surface area contributed by atoms with E-state index in [9.17, 15) is 19.5 Å². The van der Waals surface area contributed by atoms with Gasteiger partial charge in [-0.05, 0) is 35.7 Å². The topological polar surface area (TPSA) is 91.6 Å². The van der Waals surface area contributed by atoms with Crippen molar-refractivity contribution >= 4 is 17.5 Å². The Hall–Kier alpha value is -3.09. The van der Waals surface area contributed by atoms with Crippen LogP contribution in [0.2, 0.25) is 0 Å². The van der Waals surface area contributed by atoms with Crippen LogP contribution >= 0.6 is 0 Å². The van der Waals surface area contributed by atoms with Crippen LogP contribution in [0.1, 0.15) is 11.1 Å². The normalized spacial score (nSPS) is 13.3. The van der Waals surface area contributed by atoms with Crippen molar-refractivity contribution in [1.82, 2.24) is 9.47 Å². The summed E-state index contributed by atoms with van der Waals surface area (Å²) < 4.78 is 1.32. The number of benzene rings is 1. The van der Waals surface area contributed by atoms with Gasteiger partial charge < -0.3 is 19.9 Å². The van der Waals surface area contributed by atoms with Gasteiger partial charge in [0.05, 0.1) is 5.69 Å². The molecule has 2 amide bonds. The van der Waals surface area contributed by atoms with Crippen molar-refractivity contribution < 1.29 is 14.7 Å². The Kier molecular flexibility index (Phi) is 4.07. The summed E-state index contributed by atoms with van der Waals surface area (Å²) in [6, 6.07) is 7.83. The van der Waals surface area contributed by atoms with E-state index in [0.29, 0.717) is 18.7 Å². The third-order valence-corrected chi connectivity index (χ3v) is 4.03. The first kappa shape index (κ1) is 15.8. The fourth-order valence-corrected chi connectivity index (χ4v) is 2.71. The van der Waals surface area contributed by atoms with Crippen molar-refractivity contribution in [3.63, 3.8) is 0 Å². The number of rotatable bonds is 1. The molecule has 1 aliphatic heterocycles. The van der Waals surface area contributed by atoms with E-state index in [1.807, 2.05) is 6.07 Å². The number of amides is 2. The third-order valence-electron chi connectivity index (χ3n) is 4.03. The molecule has 7 nitrogen and oxygen atoms in total. The maximum Gasteiger partial charge on any atom is 0.313 e. The highest BCUT2D eigenvalue weighted by atomic mass is 16.3. The molecule has 1 aliphatic rings. The smallest absolute Gasteiger partial charge is 0.313 e. The number of carbonyl (C=O) groups excluding carboxylic acids is 2. The first-order valence-corrected chi connectivity index (χ1v) is 7.52. The summed E-state index contributed by atoms with van der Waals surface area (Å²) in [5, 5.41) is 12.1. The van der Waals surface area contributed by atoms with E-state index in [2.05, 4.69) is 5.32 Å². The highest BCUT2D eigenvalue weighted by molar-refractivity contribution is 6.39. The largest absolute Gasteiger partial charge is 0.508 e. The van der Waals surface area contributed by atoms with Gasteiger partial charge in [-0.15, -0.1) is 0 Å². The van der Waals surface area contributed by atoms with Crippen LogP contribution in [-0.2, 0) is 29.6 Å². The second-order valence-electron chi connectivity index (χ2n) is 5.75. The highest BCUT2D eigenvalue weighted by Crippen LogP contribution is 2.23. The van der Waals surface area contributed by atoms with Gasteiger partial charge in [-0.2, -0.15) is 0 Å². The molecule has 0 radical (unpaired) electrons. The van der Waals surface area contributed by atoms with Crippen LogP contribution in [0.15, 0.2) is 41.3 Å². The first-order valence-electron chi connectivity index (χ1n) is 7.52. The molecule has 0 spiro atoms. The lowest BCUT2D eigenvalue weighted by Crippen LogP contribution is -2.42. The number of pyridine rings is 1. The molecule has 0 fully saturated rings. The van der Waals surface area contributed by atoms with Gasteiger partial charge in [-0.1, -0.05) is 6.07 Å². The summed E-state index contributed by atoms with van der Waals surface area (Å²) in [7, 11) is 1.56. The number of phenols is 1. The number of aromatic hydroxyl groups is 1. The molecule has 2 heterocycles. The van der Waals surface area contributed by atoms with Crippen molar-refractivity contribution in [1.29, 1.82) is 0 Å². The lowest BCUT2D eigenvalue weighted by Gasteiger charge is -2.28. The number of nitrogens with zero attached hydrogens (tertiary/aromatic N) is 2. The minimum absolute atomic E-state index is 0.137. The average molecular weight is 327 g/mol. The van der Waals surface area contributed by atoms with Gasteiger partial charge in [-0.3, -0.25) is 14.4 Å². The van der Waals surface area contributed by atoms with Crippen LogP contribution in [0.4, 0.5) is 5.69 Å². The minimum Gasteiger partial charge on any atom is -0.508 e. The monoisotopic (exact) mass is 327 g/mol. The van der Waals surface area contributed by atoms with E-state index < -0.39 is 11.8 Å². The molecular formula is C17H17N3O4. The summed E-state index contributed by atoms with van der Waals surface area (Å²) in [5.41, 5.74) is 2.08. The average Bonchev–Trinajstić information content (AvgIpc) is 2.56. The molecule has 0 saturated heterocycles. The number of aromatic nitrogens is 1. The highest BCUT2D eigenvalue weighted by Gasteiger charge is 2.26. The van der Waals surface area contributed by atoms with Crippen LogP contribution in [0.3, 0.4) is 0 Å². The van der Waals surface area contributed by atoms with Crippen molar-refractivity contribution in [2.75, 3.05) is 11.9 Å². The van der Waals surface area contributed by atoms with Crippen molar-refractivity contribution in [3.05, 3.63) is 58.0 Å². The quantitative estimate of drug-likeness (QED) is 0.751. The Labute approximate surface area is 138 Å². The van der Waals surface area contributed by atoms with Crippen LogP contribution in [0.25, 0.3) is 0 Å². The standard InChI is InChI=1S/C17H17N3O4/c1-19-10-13(3-5-15(19)22)18-16(23)17(24)20-7-6-11-2-4-14(21)8-12(11)9-20/h2-5,8,10,21H,6-7,9H2,1H3,(H,18,23). The van der Waals surface area contributed by atoms with E-state index >= 15 is 0 Å². The number of hydrogen-bond donors (Lipinski definition) is 2. The van der Waals surface area contributed by atoms with Gasteiger partial charge in [0.25, 0.3) is 0 Å². The fourth-order valence-electron chi connectivity index (χ4n) is 2.71. The second-order valence-corrected chi connectivity index (χ2v) is 5.75. The molecule has 24 heavy (non-hydrogen) atoms. The summed E-state index contributed by atoms with van der Waals surface area (Å²) in [6.07, 6.45) is 2.09. The Morgan fingerprint density at radius 1 is 1.17 bits per heavy atom. The zero-order valence-corrected chi connectivity index (χ0v) is 13.2. The number of anilines is 1. The summed E-state index contributed by atoms with van der Waals surface area (Å²) in [5.74, 6) is -1.26.